The first kappa shape index (κ1) is 18.6. The number of carbonyl (C=O) groups excluding carboxylic acids is 1. The molecule has 0 aliphatic rings. The predicted molar refractivity (Wildman–Crippen MR) is 90.0 cm³/mol. The predicted octanol–water partition coefficient (Wildman–Crippen LogP) is 2.77. The molecule has 0 unspecified atom stereocenters. The maximum Gasteiger partial charge on any atom is 0.649 e. The quantitative estimate of drug-likeness (QED) is 0.710. The lowest BCUT2D eigenvalue weighted by Crippen LogP contribution is -2.18. The Morgan fingerprint density at radius 2 is 1.20 bits per heavy atom. The van der Waals surface area contributed by atoms with E-state index >= 15 is 0 Å². The summed E-state index contributed by atoms with van der Waals surface area (Å²) in [5.74, 6) is 0.574. The molecule has 2 aromatic carbocycles. The Bertz CT molecular complexity index is 693. The second-order valence-electron chi connectivity index (χ2n) is 4.65. The second kappa shape index (κ2) is 8.41. The molecule has 0 fully saturated rings. The van der Waals surface area contributed by atoms with Crippen LogP contribution in [0.25, 0.3) is 0 Å². The van der Waals surface area contributed by atoms with Crippen LogP contribution < -0.4 is 24.3 Å². The molecule has 0 aliphatic heterocycles. The molecule has 2 N–H and O–H groups in total. The van der Waals surface area contributed by atoms with E-state index in [0.717, 1.165) is 0 Å². The van der Waals surface area contributed by atoms with Crippen molar-refractivity contribution in [2.45, 2.75) is 0 Å². The number of carbonyl (C=O) groups is 1. The first-order valence-electron chi connectivity index (χ1n) is 7.18. The highest BCUT2D eigenvalue weighted by Gasteiger charge is 2.35. The number of benzene rings is 2. The van der Waals surface area contributed by atoms with E-state index in [1.54, 1.807) is 24.3 Å². The summed E-state index contributed by atoms with van der Waals surface area (Å²) in [4.78, 5) is 11.5. The number of rotatable bonds is 8. The molecule has 0 aromatic heterocycles. The van der Waals surface area contributed by atoms with Crippen LogP contribution in [0.3, 0.4) is 0 Å². The normalized spacial score (nSPS) is 10.7. The molecule has 0 heterocycles. The van der Waals surface area contributed by atoms with Crippen LogP contribution in [0.2, 0.25) is 0 Å². The maximum atomic E-state index is 12.8. The van der Waals surface area contributed by atoms with Gasteiger partial charge in [0.2, 0.25) is 0 Å². The summed E-state index contributed by atoms with van der Waals surface area (Å²) in [6, 6.07) is 12.4. The van der Waals surface area contributed by atoms with E-state index < -0.39 is 20.3 Å². The molecule has 0 saturated carbocycles. The van der Waals surface area contributed by atoms with Gasteiger partial charge in [-0.1, -0.05) is 0 Å². The number of nitrogens with two attached hydrogens (primary N) is 1. The highest BCUT2D eigenvalue weighted by molar-refractivity contribution is 7.50. The van der Waals surface area contributed by atoms with Crippen molar-refractivity contribution in [3.63, 3.8) is 0 Å². The van der Waals surface area contributed by atoms with Crippen molar-refractivity contribution in [1.29, 1.82) is 0 Å². The van der Waals surface area contributed by atoms with E-state index in [0.29, 0.717) is 11.5 Å². The van der Waals surface area contributed by atoms with Crippen LogP contribution >= 0.6 is 7.82 Å². The Balaban J connectivity index is 2.21. The van der Waals surface area contributed by atoms with Gasteiger partial charge < -0.3 is 28.8 Å². The number of ether oxygens (including phenoxy) is 2. The molecule has 0 saturated heterocycles. The summed E-state index contributed by atoms with van der Waals surface area (Å²) in [7, 11) is -1.27. The smallest absolute Gasteiger partial charge is 0.497 e. The monoisotopic (exact) mass is 367 g/mol. The lowest BCUT2D eigenvalue weighted by Gasteiger charge is -2.18. The Kier molecular flexibility index (Phi) is 6.27. The zero-order chi connectivity index (χ0) is 18.3. The van der Waals surface area contributed by atoms with Gasteiger partial charge in [-0.25, -0.2) is 0 Å². The van der Waals surface area contributed by atoms with Crippen molar-refractivity contribution in [3.05, 3.63) is 48.5 Å². The van der Waals surface area contributed by atoms with Gasteiger partial charge in [0.05, 0.1) is 20.8 Å². The second-order valence-corrected chi connectivity index (χ2v) is 6.09. The fraction of sp³-hybridized carbons (Fsp3) is 0.188. The van der Waals surface area contributed by atoms with Crippen molar-refractivity contribution < 1.29 is 32.4 Å². The fourth-order valence-corrected chi connectivity index (χ4v) is 2.94. The molecular weight excluding hydrogens is 349 g/mol. The summed E-state index contributed by atoms with van der Waals surface area (Å²) >= 11 is 0. The van der Waals surface area contributed by atoms with Crippen LogP contribution in [0.1, 0.15) is 0 Å². The summed E-state index contributed by atoms with van der Waals surface area (Å²) in [5, 5.41) is 0. The van der Waals surface area contributed by atoms with Gasteiger partial charge >= 0.3 is 13.8 Å². The van der Waals surface area contributed by atoms with Crippen LogP contribution in [0, 0.1) is 0 Å². The van der Waals surface area contributed by atoms with Crippen molar-refractivity contribution in [1.82, 2.24) is 0 Å². The van der Waals surface area contributed by atoms with E-state index in [2.05, 4.69) is 0 Å². The van der Waals surface area contributed by atoms with Crippen molar-refractivity contribution in [2.24, 2.45) is 5.73 Å². The highest BCUT2D eigenvalue weighted by Crippen LogP contribution is 2.50. The molecule has 25 heavy (non-hydrogen) atoms. The Morgan fingerprint density at radius 3 is 1.52 bits per heavy atom. The third-order valence-corrected chi connectivity index (χ3v) is 4.23. The molecule has 0 atom stereocenters. The average Bonchev–Trinajstić information content (AvgIpc) is 2.62. The van der Waals surface area contributed by atoms with E-state index in [1.165, 1.54) is 38.5 Å². The van der Waals surface area contributed by atoms with Crippen LogP contribution in [0.4, 0.5) is 0 Å². The molecule has 2 rings (SSSR count). The van der Waals surface area contributed by atoms with Crippen LogP contribution in [0.5, 0.6) is 23.0 Å². The van der Waals surface area contributed by atoms with Gasteiger partial charge in [-0.3, -0.25) is 4.79 Å². The molecule has 9 heteroatoms. The number of hydrogen-bond acceptors (Lipinski definition) is 8. The van der Waals surface area contributed by atoms with Gasteiger partial charge in [0, 0.05) is 0 Å². The van der Waals surface area contributed by atoms with Gasteiger partial charge in [0.1, 0.15) is 23.0 Å². The number of hydrogen-bond donors (Lipinski definition) is 1. The van der Waals surface area contributed by atoms with E-state index in [-0.39, 0.29) is 11.5 Å². The number of phosphoric ester groups is 1. The Hall–Kier alpha value is -2.70. The van der Waals surface area contributed by atoms with Gasteiger partial charge in [-0.2, -0.15) is 4.57 Å². The minimum absolute atomic E-state index is 0.169. The molecule has 0 amide bonds. The number of phosphoric acid groups is 1. The molecule has 2 aromatic rings. The molecule has 134 valence electrons. The minimum Gasteiger partial charge on any atom is -0.497 e. The molecule has 0 bridgehead atoms. The highest BCUT2D eigenvalue weighted by atomic mass is 31.2. The van der Waals surface area contributed by atoms with Gasteiger partial charge in [-0.05, 0) is 48.5 Å². The third kappa shape index (κ3) is 5.41. The first-order valence-corrected chi connectivity index (χ1v) is 8.64. The number of methoxy groups -OCH3 is 2. The SMILES string of the molecule is COc1ccc(OP(=O)(OC(=O)CN)Oc2ccc(OC)cc2)cc1. The molecule has 0 spiro atoms. The van der Waals surface area contributed by atoms with E-state index in [1.807, 2.05) is 0 Å². The van der Waals surface area contributed by atoms with Crippen molar-refractivity contribution in [3.8, 4) is 23.0 Å². The van der Waals surface area contributed by atoms with Crippen LogP contribution in [0.15, 0.2) is 48.5 Å². The zero-order valence-corrected chi connectivity index (χ0v) is 14.6. The lowest BCUT2D eigenvalue weighted by molar-refractivity contribution is -0.133. The van der Waals surface area contributed by atoms with Crippen LogP contribution in [-0.4, -0.2) is 26.7 Å². The third-order valence-electron chi connectivity index (χ3n) is 2.93. The summed E-state index contributed by atoms with van der Waals surface area (Å²) in [6.07, 6.45) is 0. The Labute approximate surface area is 145 Å². The largest absolute Gasteiger partial charge is 0.649 e. The van der Waals surface area contributed by atoms with Gasteiger partial charge in [0.25, 0.3) is 0 Å². The molecule has 0 aliphatic carbocycles. The van der Waals surface area contributed by atoms with Crippen LogP contribution in [-0.2, 0) is 13.9 Å². The minimum atomic E-state index is -4.29. The van der Waals surface area contributed by atoms with E-state index in [9.17, 15) is 9.36 Å². The van der Waals surface area contributed by atoms with Crippen molar-refractivity contribution >= 4 is 13.8 Å². The fourth-order valence-electron chi connectivity index (χ4n) is 1.75. The molecule has 8 nitrogen and oxygen atoms in total. The average molecular weight is 367 g/mol. The summed E-state index contributed by atoms with van der Waals surface area (Å²) in [6.45, 7) is -0.470. The van der Waals surface area contributed by atoms with Crippen molar-refractivity contribution in [2.75, 3.05) is 20.8 Å². The standard InChI is InChI=1S/C16H18NO7P/c1-20-12-3-7-14(8-4-12)22-25(19,24-16(18)11-17)23-15-9-5-13(21-2)6-10-15/h3-10H,11,17H2,1-2H3. The van der Waals surface area contributed by atoms with Gasteiger partial charge in [0.15, 0.2) is 0 Å². The Morgan fingerprint density at radius 1 is 0.840 bits per heavy atom. The molecular formula is C16H18NO7P. The van der Waals surface area contributed by atoms with E-state index in [4.69, 9.17) is 28.8 Å². The molecule has 0 radical (unpaired) electrons. The lowest BCUT2D eigenvalue weighted by atomic mass is 10.3. The summed E-state index contributed by atoms with van der Waals surface area (Å²) in [5.41, 5.74) is 5.20. The maximum absolute atomic E-state index is 12.8. The zero-order valence-electron chi connectivity index (χ0n) is 13.7. The topological polar surface area (TPSA) is 106 Å². The van der Waals surface area contributed by atoms with Gasteiger partial charge in [-0.15, -0.1) is 0 Å². The first-order chi connectivity index (χ1) is 12.0. The summed E-state index contributed by atoms with van der Waals surface area (Å²) < 4.78 is 38.2.